The average Bonchev–Trinajstić information content (AvgIpc) is 2.97. The lowest BCUT2D eigenvalue weighted by atomic mass is 9.77. The molecule has 1 N–H and O–H groups in total. The van der Waals surface area contributed by atoms with E-state index in [9.17, 15) is 5.11 Å². The number of nitrogens with zero attached hydrogens (tertiary/aromatic N) is 3. The lowest BCUT2D eigenvalue weighted by Crippen LogP contribution is -2.41. The van der Waals surface area contributed by atoms with Crippen LogP contribution in [0.4, 0.5) is 0 Å². The van der Waals surface area contributed by atoms with Crippen LogP contribution in [0.1, 0.15) is 42.5 Å². The van der Waals surface area contributed by atoms with Crippen molar-refractivity contribution < 1.29 is 5.11 Å². The molecule has 0 amide bonds. The second-order valence-corrected chi connectivity index (χ2v) is 7.64. The first kappa shape index (κ1) is 15.0. The predicted octanol–water partition coefficient (Wildman–Crippen LogP) is 3.00. The van der Waals surface area contributed by atoms with Crippen LogP contribution in [0.15, 0.2) is 6.20 Å². The fourth-order valence-electron chi connectivity index (χ4n) is 3.32. The lowest BCUT2D eigenvalue weighted by Gasteiger charge is -2.40. The van der Waals surface area contributed by atoms with Crippen LogP contribution in [0.25, 0.3) is 4.96 Å². The highest BCUT2D eigenvalue weighted by atomic mass is 32.1. The summed E-state index contributed by atoms with van der Waals surface area (Å²) in [6.07, 6.45) is 5.48. The van der Waals surface area contributed by atoms with Crippen molar-refractivity contribution in [1.29, 1.82) is 0 Å². The van der Waals surface area contributed by atoms with Gasteiger partial charge in [-0.15, -0.1) is 11.3 Å². The average molecular weight is 307 g/mol. The van der Waals surface area contributed by atoms with Crippen LogP contribution in [-0.4, -0.2) is 39.1 Å². The summed E-state index contributed by atoms with van der Waals surface area (Å²) in [5.74, 6) is 0. The van der Waals surface area contributed by atoms with Crippen molar-refractivity contribution in [2.75, 3.05) is 19.7 Å². The molecule has 21 heavy (non-hydrogen) atoms. The Hall–Kier alpha value is -0.910. The van der Waals surface area contributed by atoms with Gasteiger partial charge in [0, 0.05) is 24.2 Å². The molecular weight excluding hydrogens is 282 g/mol. The fraction of sp³-hybridized carbons (Fsp3) is 0.688. The third kappa shape index (κ3) is 2.74. The largest absolute Gasteiger partial charge is 0.396 e. The predicted molar refractivity (Wildman–Crippen MR) is 86.9 cm³/mol. The number of fused-ring (bicyclic) bond motifs is 1. The zero-order chi connectivity index (χ0) is 15.0. The minimum Gasteiger partial charge on any atom is -0.396 e. The van der Waals surface area contributed by atoms with Gasteiger partial charge < -0.3 is 5.11 Å². The molecule has 1 aliphatic rings. The van der Waals surface area contributed by atoms with Crippen LogP contribution in [0.3, 0.4) is 0 Å². The van der Waals surface area contributed by atoms with Crippen molar-refractivity contribution >= 4 is 16.3 Å². The van der Waals surface area contributed by atoms with Crippen molar-refractivity contribution in [2.24, 2.45) is 5.41 Å². The molecular formula is C16H25N3OS. The normalized spacial score (nSPS) is 19.4. The smallest absolute Gasteiger partial charge is 0.194 e. The Morgan fingerprint density at radius 1 is 1.33 bits per heavy atom. The van der Waals surface area contributed by atoms with Crippen LogP contribution >= 0.6 is 11.3 Å². The van der Waals surface area contributed by atoms with E-state index in [1.54, 1.807) is 11.3 Å². The molecule has 4 nitrogen and oxygen atoms in total. The molecule has 1 saturated heterocycles. The van der Waals surface area contributed by atoms with E-state index < -0.39 is 0 Å². The Kier molecular flexibility index (Phi) is 4.08. The molecule has 0 atom stereocenters. The molecule has 0 bridgehead atoms. The molecule has 0 aliphatic carbocycles. The van der Waals surface area contributed by atoms with Gasteiger partial charge in [-0.25, -0.2) is 4.98 Å². The second kappa shape index (κ2) is 5.71. The molecule has 3 rings (SSSR count). The molecule has 2 aromatic rings. The van der Waals surface area contributed by atoms with E-state index in [2.05, 4.69) is 41.3 Å². The van der Waals surface area contributed by atoms with Crippen molar-refractivity contribution in [2.45, 2.75) is 46.6 Å². The van der Waals surface area contributed by atoms with Gasteiger partial charge in [0.05, 0.1) is 11.4 Å². The van der Waals surface area contributed by atoms with Crippen molar-refractivity contribution in [3.8, 4) is 0 Å². The summed E-state index contributed by atoms with van der Waals surface area (Å²) in [5, 5.41) is 9.64. The Morgan fingerprint density at radius 2 is 2.05 bits per heavy atom. The van der Waals surface area contributed by atoms with Crippen molar-refractivity contribution in [1.82, 2.24) is 14.3 Å². The number of likely N-dealkylation sites (tertiary alicyclic amines) is 1. The second-order valence-electron chi connectivity index (χ2n) is 6.43. The molecule has 1 fully saturated rings. The van der Waals surface area contributed by atoms with Gasteiger partial charge in [-0.3, -0.25) is 9.30 Å². The number of hydrogen-bond acceptors (Lipinski definition) is 4. The SMILES string of the molecule is CCC1(CO)CCN(Cc2c(C)nc3sc(C)cn23)CC1. The van der Waals surface area contributed by atoms with Gasteiger partial charge in [-0.05, 0) is 51.6 Å². The molecule has 1 aliphatic heterocycles. The summed E-state index contributed by atoms with van der Waals surface area (Å²) in [6.45, 7) is 9.89. The van der Waals surface area contributed by atoms with Gasteiger partial charge in [0.25, 0.3) is 0 Å². The first-order valence-electron chi connectivity index (χ1n) is 7.84. The lowest BCUT2D eigenvalue weighted by molar-refractivity contribution is 0.0377. The number of imidazole rings is 1. The number of aliphatic hydroxyl groups excluding tert-OH is 1. The van der Waals surface area contributed by atoms with E-state index in [0.29, 0.717) is 6.61 Å². The van der Waals surface area contributed by atoms with Crippen LogP contribution in [0.5, 0.6) is 0 Å². The Labute approximate surface area is 130 Å². The van der Waals surface area contributed by atoms with Gasteiger partial charge in [0.1, 0.15) is 0 Å². The highest BCUT2D eigenvalue weighted by molar-refractivity contribution is 7.17. The summed E-state index contributed by atoms with van der Waals surface area (Å²) < 4.78 is 2.25. The van der Waals surface area contributed by atoms with E-state index in [1.807, 2.05) is 0 Å². The molecule has 0 aromatic carbocycles. The van der Waals surface area contributed by atoms with Gasteiger partial charge >= 0.3 is 0 Å². The maximum Gasteiger partial charge on any atom is 0.194 e. The molecule has 2 aromatic heterocycles. The van der Waals surface area contributed by atoms with E-state index in [0.717, 1.165) is 49.6 Å². The van der Waals surface area contributed by atoms with Crippen LogP contribution < -0.4 is 0 Å². The van der Waals surface area contributed by atoms with Crippen molar-refractivity contribution in [3.05, 3.63) is 22.5 Å². The molecule has 0 spiro atoms. The Bertz CT molecular complexity index is 617. The van der Waals surface area contributed by atoms with Crippen LogP contribution in [-0.2, 0) is 6.54 Å². The third-order valence-corrected chi connectivity index (χ3v) is 6.01. The van der Waals surface area contributed by atoms with E-state index in [1.165, 1.54) is 10.6 Å². The van der Waals surface area contributed by atoms with Gasteiger partial charge in [0.15, 0.2) is 4.96 Å². The van der Waals surface area contributed by atoms with Crippen LogP contribution in [0.2, 0.25) is 0 Å². The number of rotatable bonds is 4. The topological polar surface area (TPSA) is 40.8 Å². The number of aromatic nitrogens is 2. The minimum absolute atomic E-state index is 0.164. The summed E-state index contributed by atoms with van der Waals surface area (Å²) in [6, 6.07) is 0. The zero-order valence-electron chi connectivity index (χ0n) is 13.2. The Balaban J connectivity index is 1.73. The summed E-state index contributed by atoms with van der Waals surface area (Å²) >= 11 is 1.76. The molecule has 5 heteroatoms. The molecule has 0 radical (unpaired) electrons. The summed E-state index contributed by atoms with van der Waals surface area (Å²) in [4.78, 5) is 9.60. The van der Waals surface area contributed by atoms with Crippen molar-refractivity contribution in [3.63, 3.8) is 0 Å². The number of aliphatic hydroxyl groups is 1. The summed E-state index contributed by atoms with van der Waals surface area (Å²) in [7, 11) is 0. The molecule has 0 saturated carbocycles. The van der Waals surface area contributed by atoms with Gasteiger partial charge in [0.2, 0.25) is 0 Å². The van der Waals surface area contributed by atoms with Crippen LogP contribution in [0, 0.1) is 19.3 Å². The minimum atomic E-state index is 0.164. The van der Waals surface area contributed by atoms with E-state index in [4.69, 9.17) is 0 Å². The number of piperidine rings is 1. The highest BCUT2D eigenvalue weighted by Crippen LogP contribution is 2.35. The molecule has 3 heterocycles. The molecule has 0 unspecified atom stereocenters. The first-order valence-corrected chi connectivity index (χ1v) is 8.66. The highest BCUT2D eigenvalue weighted by Gasteiger charge is 2.32. The Morgan fingerprint density at radius 3 is 2.67 bits per heavy atom. The maximum atomic E-state index is 9.64. The third-order valence-electron chi connectivity index (χ3n) is 5.12. The molecule has 116 valence electrons. The van der Waals surface area contributed by atoms with Gasteiger partial charge in [-0.1, -0.05) is 6.92 Å². The maximum absolute atomic E-state index is 9.64. The van der Waals surface area contributed by atoms with E-state index >= 15 is 0 Å². The number of hydrogen-bond donors (Lipinski definition) is 1. The van der Waals surface area contributed by atoms with Gasteiger partial charge in [-0.2, -0.15) is 0 Å². The number of thiazole rings is 1. The summed E-state index contributed by atoms with van der Waals surface area (Å²) in [5.41, 5.74) is 2.63. The van der Waals surface area contributed by atoms with E-state index in [-0.39, 0.29) is 5.41 Å². The standard InChI is InChI=1S/C16H25N3OS/c1-4-16(11-20)5-7-18(8-6-16)10-14-13(3)17-15-19(14)9-12(2)21-15/h9,20H,4-8,10-11H2,1-3H3. The number of aryl methyl sites for hydroxylation is 2. The quantitative estimate of drug-likeness (QED) is 0.944. The zero-order valence-corrected chi connectivity index (χ0v) is 14.0. The monoisotopic (exact) mass is 307 g/mol. The fourth-order valence-corrected chi connectivity index (χ4v) is 4.21. The first-order chi connectivity index (χ1) is 10.1.